The fourth-order valence-electron chi connectivity index (χ4n) is 4.34. The van der Waals surface area contributed by atoms with Gasteiger partial charge in [-0.05, 0) is 31.6 Å². The molecule has 2 saturated heterocycles. The molecule has 0 N–H and O–H groups in total. The number of hydrogen-bond donors (Lipinski definition) is 0. The molecule has 0 aromatic carbocycles. The number of amides is 2. The van der Waals surface area contributed by atoms with Crippen molar-refractivity contribution in [3.05, 3.63) is 0 Å². The van der Waals surface area contributed by atoms with Crippen LogP contribution in [-0.4, -0.2) is 51.9 Å². The van der Waals surface area contributed by atoms with Crippen LogP contribution in [0.2, 0.25) is 0 Å². The van der Waals surface area contributed by atoms with Crippen molar-refractivity contribution in [3.63, 3.8) is 0 Å². The lowest BCUT2D eigenvalue weighted by atomic mass is 9.98. The molecule has 2 aliphatic heterocycles. The molecule has 5 heteroatoms. The van der Waals surface area contributed by atoms with Gasteiger partial charge in [-0.25, -0.2) is 0 Å². The Morgan fingerprint density at radius 1 is 1.13 bits per heavy atom. The number of piperidine rings is 1. The van der Waals surface area contributed by atoms with Gasteiger partial charge in [0, 0.05) is 37.7 Å². The summed E-state index contributed by atoms with van der Waals surface area (Å²) in [5.74, 6) is 2.41. The van der Waals surface area contributed by atoms with Crippen molar-refractivity contribution in [3.8, 4) is 0 Å². The van der Waals surface area contributed by atoms with E-state index in [1.807, 2.05) is 11.8 Å². The summed E-state index contributed by atoms with van der Waals surface area (Å²) in [7, 11) is 0. The fourth-order valence-corrected chi connectivity index (χ4v) is 5.82. The van der Waals surface area contributed by atoms with E-state index >= 15 is 0 Å². The van der Waals surface area contributed by atoms with Crippen LogP contribution >= 0.6 is 11.8 Å². The Bertz CT molecular complexity index is 452. The first-order chi connectivity index (χ1) is 11.0. The normalized spacial score (nSPS) is 24.8. The fraction of sp³-hybridized carbons (Fsp3) is 0.889. The maximum absolute atomic E-state index is 12.6. The van der Waals surface area contributed by atoms with E-state index in [9.17, 15) is 9.59 Å². The Morgan fingerprint density at radius 2 is 1.78 bits per heavy atom. The zero-order chi connectivity index (χ0) is 16.4. The topological polar surface area (TPSA) is 40.6 Å². The van der Waals surface area contributed by atoms with Crippen molar-refractivity contribution in [1.29, 1.82) is 0 Å². The highest BCUT2D eigenvalue weighted by Crippen LogP contribution is 2.44. The minimum atomic E-state index is -0.0293. The van der Waals surface area contributed by atoms with Crippen LogP contribution in [0.5, 0.6) is 0 Å². The first-order valence-corrected chi connectivity index (χ1v) is 10.2. The van der Waals surface area contributed by atoms with E-state index in [0.717, 1.165) is 51.1 Å². The highest BCUT2D eigenvalue weighted by atomic mass is 32.2. The molecule has 1 saturated carbocycles. The van der Waals surface area contributed by atoms with Crippen LogP contribution in [0.3, 0.4) is 0 Å². The molecule has 0 radical (unpaired) electrons. The second-order valence-electron chi connectivity index (χ2n) is 7.74. The van der Waals surface area contributed by atoms with E-state index in [0.29, 0.717) is 24.2 Å². The van der Waals surface area contributed by atoms with Crippen molar-refractivity contribution in [2.24, 2.45) is 11.8 Å². The van der Waals surface area contributed by atoms with E-state index in [1.54, 1.807) is 0 Å². The first kappa shape index (κ1) is 17.1. The highest BCUT2D eigenvalue weighted by Gasteiger charge is 2.47. The molecule has 3 aliphatic rings. The summed E-state index contributed by atoms with van der Waals surface area (Å²) in [6.45, 7) is 6.75. The molecule has 0 aromatic rings. The molecule has 0 bridgehead atoms. The lowest BCUT2D eigenvalue weighted by Crippen LogP contribution is -2.54. The summed E-state index contributed by atoms with van der Waals surface area (Å²) in [6.07, 6.45) is 7.11. The van der Waals surface area contributed by atoms with Gasteiger partial charge in [-0.1, -0.05) is 26.7 Å². The number of carbonyl (C=O) groups is 2. The molecular weight excluding hydrogens is 308 g/mol. The molecule has 130 valence electrons. The average molecular weight is 339 g/mol. The van der Waals surface area contributed by atoms with Gasteiger partial charge < -0.3 is 9.80 Å². The summed E-state index contributed by atoms with van der Waals surface area (Å²) in [6, 6.07) is 0. The third-order valence-electron chi connectivity index (χ3n) is 5.62. The smallest absolute Gasteiger partial charge is 0.225 e. The lowest BCUT2D eigenvalue weighted by Gasteiger charge is -2.44. The molecule has 2 amide bonds. The first-order valence-electron chi connectivity index (χ1n) is 9.25. The molecule has 4 nitrogen and oxygen atoms in total. The van der Waals surface area contributed by atoms with Crippen LogP contribution in [-0.2, 0) is 9.59 Å². The lowest BCUT2D eigenvalue weighted by molar-refractivity contribution is -0.139. The Hall–Kier alpha value is -0.710. The monoisotopic (exact) mass is 338 g/mol. The molecule has 2 heterocycles. The zero-order valence-electron chi connectivity index (χ0n) is 14.6. The molecular formula is C18H30N2O2S. The van der Waals surface area contributed by atoms with Crippen molar-refractivity contribution >= 4 is 23.6 Å². The quantitative estimate of drug-likeness (QED) is 0.794. The molecule has 3 rings (SSSR count). The second kappa shape index (κ2) is 7.04. The second-order valence-corrected chi connectivity index (χ2v) is 9.20. The number of rotatable bonds is 3. The summed E-state index contributed by atoms with van der Waals surface area (Å²) >= 11 is 1.94. The molecule has 1 spiro atoms. The van der Waals surface area contributed by atoms with Gasteiger partial charge in [-0.3, -0.25) is 9.59 Å². The number of thioether (sulfide) groups is 1. The Labute approximate surface area is 144 Å². The molecule has 0 unspecified atom stereocenters. The van der Waals surface area contributed by atoms with Gasteiger partial charge in [0.2, 0.25) is 11.8 Å². The molecule has 3 fully saturated rings. The Morgan fingerprint density at radius 3 is 2.39 bits per heavy atom. The predicted molar refractivity (Wildman–Crippen MR) is 94.1 cm³/mol. The van der Waals surface area contributed by atoms with Crippen LogP contribution < -0.4 is 0 Å². The van der Waals surface area contributed by atoms with Crippen LogP contribution in [0.4, 0.5) is 0 Å². The maximum Gasteiger partial charge on any atom is 0.225 e. The number of likely N-dealkylation sites (tertiary alicyclic amines) is 1. The zero-order valence-corrected chi connectivity index (χ0v) is 15.4. The van der Waals surface area contributed by atoms with Crippen LogP contribution in [0, 0.1) is 11.8 Å². The average Bonchev–Trinajstić information content (AvgIpc) is 3.16. The van der Waals surface area contributed by atoms with Crippen LogP contribution in [0.15, 0.2) is 0 Å². The summed E-state index contributed by atoms with van der Waals surface area (Å²) in [4.78, 5) is 29.4. The molecule has 23 heavy (non-hydrogen) atoms. The minimum absolute atomic E-state index is 0.0293. The van der Waals surface area contributed by atoms with E-state index in [-0.39, 0.29) is 10.8 Å². The molecule has 0 aromatic heterocycles. The predicted octanol–water partition coefficient (Wildman–Crippen LogP) is 3.12. The Kier molecular flexibility index (Phi) is 5.24. The minimum Gasteiger partial charge on any atom is -0.342 e. The van der Waals surface area contributed by atoms with Gasteiger partial charge >= 0.3 is 0 Å². The third kappa shape index (κ3) is 3.54. The SMILES string of the molecule is CC(C)CC(=O)N1CCSC12CCN(C(=O)C1CCCC1)CC2. The van der Waals surface area contributed by atoms with Gasteiger partial charge in [0.1, 0.15) is 0 Å². The van der Waals surface area contributed by atoms with Gasteiger partial charge in [0.25, 0.3) is 0 Å². The number of nitrogens with zero attached hydrogens (tertiary/aromatic N) is 2. The largest absolute Gasteiger partial charge is 0.342 e. The summed E-state index contributed by atoms with van der Waals surface area (Å²) in [5, 5.41) is 0. The molecule has 0 atom stereocenters. The standard InChI is InChI=1S/C18H30N2O2S/c1-14(2)13-16(21)20-11-12-23-18(20)7-9-19(10-8-18)17(22)15-5-3-4-6-15/h14-15H,3-13H2,1-2H3. The van der Waals surface area contributed by atoms with Crippen LogP contribution in [0.1, 0.15) is 58.8 Å². The van der Waals surface area contributed by atoms with Gasteiger partial charge in [-0.2, -0.15) is 0 Å². The highest BCUT2D eigenvalue weighted by molar-refractivity contribution is 8.00. The van der Waals surface area contributed by atoms with Crippen molar-refractivity contribution in [2.75, 3.05) is 25.4 Å². The van der Waals surface area contributed by atoms with Crippen LogP contribution in [0.25, 0.3) is 0 Å². The summed E-state index contributed by atoms with van der Waals surface area (Å²) < 4.78 is 0. The van der Waals surface area contributed by atoms with Crippen molar-refractivity contribution < 1.29 is 9.59 Å². The van der Waals surface area contributed by atoms with E-state index < -0.39 is 0 Å². The van der Waals surface area contributed by atoms with Gasteiger partial charge in [0.15, 0.2) is 0 Å². The number of carbonyl (C=O) groups excluding carboxylic acids is 2. The van der Waals surface area contributed by atoms with Crippen molar-refractivity contribution in [2.45, 2.75) is 63.7 Å². The number of hydrogen-bond acceptors (Lipinski definition) is 3. The third-order valence-corrected chi connectivity index (χ3v) is 7.17. The van der Waals surface area contributed by atoms with Gasteiger partial charge in [-0.15, -0.1) is 11.8 Å². The van der Waals surface area contributed by atoms with Gasteiger partial charge in [0.05, 0.1) is 4.87 Å². The summed E-state index contributed by atoms with van der Waals surface area (Å²) in [5.41, 5.74) is 0. The van der Waals surface area contributed by atoms with E-state index in [1.165, 1.54) is 12.8 Å². The molecule has 1 aliphatic carbocycles. The Balaban J connectivity index is 1.60. The van der Waals surface area contributed by atoms with E-state index in [2.05, 4.69) is 23.6 Å². The maximum atomic E-state index is 12.6. The van der Waals surface area contributed by atoms with E-state index in [4.69, 9.17) is 0 Å². The van der Waals surface area contributed by atoms with Crippen molar-refractivity contribution in [1.82, 2.24) is 9.80 Å².